The topological polar surface area (TPSA) is 70.0 Å². The molecule has 1 saturated heterocycles. The summed E-state index contributed by atoms with van der Waals surface area (Å²) >= 11 is 0. The van der Waals surface area contributed by atoms with E-state index in [1.165, 1.54) is 0 Å². The first-order chi connectivity index (χ1) is 13.1. The Kier molecular flexibility index (Phi) is 4.89. The van der Waals surface area contributed by atoms with Crippen LogP contribution in [-0.2, 0) is 0 Å². The summed E-state index contributed by atoms with van der Waals surface area (Å²) in [4.78, 5) is 14.8. The van der Waals surface area contributed by atoms with E-state index in [1.54, 1.807) is 7.11 Å². The van der Waals surface area contributed by atoms with E-state index in [0.29, 0.717) is 31.5 Å². The molecule has 1 aliphatic heterocycles. The van der Waals surface area contributed by atoms with E-state index in [2.05, 4.69) is 0 Å². The number of aliphatic hydroxyl groups excluding tert-OH is 2. The minimum atomic E-state index is -0.665. The Labute approximate surface area is 159 Å². The van der Waals surface area contributed by atoms with Crippen molar-refractivity contribution >= 4 is 5.91 Å². The average Bonchev–Trinajstić information content (AvgIpc) is 3.10. The fourth-order valence-electron chi connectivity index (χ4n) is 4.43. The van der Waals surface area contributed by atoms with E-state index in [0.717, 1.165) is 16.9 Å². The maximum absolute atomic E-state index is 12.9. The van der Waals surface area contributed by atoms with Crippen LogP contribution in [-0.4, -0.2) is 53.4 Å². The van der Waals surface area contributed by atoms with Gasteiger partial charge >= 0.3 is 0 Å². The maximum Gasteiger partial charge on any atom is 0.253 e. The lowest BCUT2D eigenvalue weighted by Crippen LogP contribution is -2.38. The molecule has 0 unspecified atom stereocenters. The van der Waals surface area contributed by atoms with Gasteiger partial charge in [-0.1, -0.05) is 30.3 Å². The first-order valence-corrected chi connectivity index (χ1v) is 9.45. The quantitative estimate of drug-likeness (QED) is 0.875. The highest BCUT2D eigenvalue weighted by molar-refractivity contribution is 5.95. The number of methoxy groups -OCH3 is 1. The Hall–Kier alpha value is -2.37. The summed E-state index contributed by atoms with van der Waals surface area (Å²) in [6.07, 6.45) is -0.187. The molecule has 1 amide bonds. The van der Waals surface area contributed by atoms with Gasteiger partial charge in [-0.05, 0) is 48.4 Å². The highest BCUT2D eigenvalue weighted by Gasteiger charge is 2.42. The maximum atomic E-state index is 12.9. The lowest BCUT2D eigenvalue weighted by molar-refractivity contribution is -0.0372. The van der Waals surface area contributed by atoms with Crippen LogP contribution in [0.3, 0.4) is 0 Å². The molecule has 5 nitrogen and oxygen atoms in total. The molecule has 0 radical (unpaired) electrons. The van der Waals surface area contributed by atoms with Gasteiger partial charge in [0.25, 0.3) is 5.91 Å². The molecule has 0 bridgehead atoms. The molecule has 2 aromatic rings. The lowest BCUT2D eigenvalue weighted by atomic mass is 9.79. The monoisotopic (exact) mass is 367 g/mol. The van der Waals surface area contributed by atoms with Crippen molar-refractivity contribution in [1.82, 2.24) is 4.90 Å². The number of rotatable bonds is 3. The van der Waals surface area contributed by atoms with Crippen molar-refractivity contribution < 1.29 is 19.7 Å². The summed E-state index contributed by atoms with van der Waals surface area (Å²) in [5.74, 6) is 1.37. The van der Waals surface area contributed by atoms with Crippen molar-refractivity contribution in [1.29, 1.82) is 0 Å². The second-order valence-corrected chi connectivity index (χ2v) is 7.61. The lowest BCUT2D eigenvalue weighted by Gasteiger charge is -2.31. The molecule has 1 saturated carbocycles. The zero-order chi connectivity index (χ0) is 19.0. The smallest absolute Gasteiger partial charge is 0.253 e. The first-order valence-electron chi connectivity index (χ1n) is 9.45. The summed E-state index contributed by atoms with van der Waals surface area (Å²) in [7, 11) is 1.65. The normalized spacial score (nSPS) is 27.3. The third-order valence-electron chi connectivity index (χ3n) is 5.95. The van der Waals surface area contributed by atoms with Crippen LogP contribution in [0.4, 0.5) is 0 Å². The van der Waals surface area contributed by atoms with Gasteiger partial charge in [0.05, 0.1) is 19.3 Å². The summed E-state index contributed by atoms with van der Waals surface area (Å²) < 4.78 is 5.41. The molecule has 5 heteroatoms. The number of hydrogen-bond acceptors (Lipinski definition) is 4. The van der Waals surface area contributed by atoms with E-state index in [1.807, 2.05) is 53.4 Å². The van der Waals surface area contributed by atoms with Gasteiger partial charge in [-0.2, -0.15) is 0 Å². The SMILES string of the molecule is COc1ccccc1-c1ccc(C(=O)N2C[C@H]3C[C@H](O)[C@@H](O)C[C@H]3C2)cc1. The number of carbonyl (C=O) groups excluding carboxylic acids is 1. The van der Waals surface area contributed by atoms with Crippen LogP contribution in [0.25, 0.3) is 11.1 Å². The molecular weight excluding hydrogens is 342 g/mol. The van der Waals surface area contributed by atoms with Crippen LogP contribution >= 0.6 is 0 Å². The summed E-state index contributed by atoms with van der Waals surface area (Å²) in [6.45, 7) is 1.31. The number of para-hydroxylation sites is 1. The minimum absolute atomic E-state index is 0.0138. The highest BCUT2D eigenvalue weighted by atomic mass is 16.5. The van der Waals surface area contributed by atoms with E-state index in [-0.39, 0.29) is 17.7 Å². The molecule has 2 aromatic carbocycles. The number of amides is 1. The van der Waals surface area contributed by atoms with Gasteiger partial charge in [0.15, 0.2) is 0 Å². The van der Waals surface area contributed by atoms with Gasteiger partial charge in [0.1, 0.15) is 5.75 Å². The number of nitrogens with zero attached hydrogens (tertiary/aromatic N) is 1. The third-order valence-corrected chi connectivity index (χ3v) is 5.95. The molecule has 4 rings (SSSR count). The van der Waals surface area contributed by atoms with E-state index in [4.69, 9.17) is 4.74 Å². The van der Waals surface area contributed by atoms with Crippen molar-refractivity contribution in [2.45, 2.75) is 25.0 Å². The standard InChI is InChI=1S/C22H25NO4/c1-27-21-5-3-2-4-18(21)14-6-8-15(9-7-14)22(26)23-12-16-10-19(24)20(25)11-17(16)13-23/h2-9,16-17,19-20,24-25H,10-13H2,1H3/t16-,17+,19-,20-/m0/s1. The predicted molar refractivity (Wildman–Crippen MR) is 103 cm³/mol. The Morgan fingerprint density at radius 3 is 2.15 bits per heavy atom. The molecule has 2 fully saturated rings. The number of likely N-dealkylation sites (tertiary alicyclic amines) is 1. The zero-order valence-corrected chi connectivity index (χ0v) is 15.4. The van der Waals surface area contributed by atoms with Gasteiger partial charge in [0.2, 0.25) is 0 Å². The average molecular weight is 367 g/mol. The minimum Gasteiger partial charge on any atom is -0.496 e. The van der Waals surface area contributed by atoms with Crippen LogP contribution in [0, 0.1) is 11.8 Å². The second-order valence-electron chi connectivity index (χ2n) is 7.61. The van der Waals surface area contributed by atoms with Crippen molar-refractivity contribution in [3.63, 3.8) is 0 Å². The number of benzene rings is 2. The van der Waals surface area contributed by atoms with Crippen molar-refractivity contribution in [3.8, 4) is 16.9 Å². The zero-order valence-electron chi connectivity index (χ0n) is 15.4. The Morgan fingerprint density at radius 1 is 0.963 bits per heavy atom. The molecule has 0 aromatic heterocycles. The summed E-state index contributed by atoms with van der Waals surface area (Å²) in [5.41, 5.74) is 2.66. The third kappa shape index (κ3) is 3.45. The van der Waals surface area contributed by atoms with Crippen LogP contribution < -0.4 is 4.74 Å². The Balaban J connectivity index is 1.49. The molecule has 4 atom stereocenters. The number of hydrogen-bond donors (Lipinski definition) is 2. The molecule has 2 aliphatic rings. The van der Waals surface area contributed by atoms with Gasteiger partial charge in [-0.15, -0.1) is 0 Å². The molecule has 1 aliphatic carbocycles. The van der Waals surface area contributed by atoms with Crippen LogP contribution in [0.15, 0.2) is 48.5 Å². The van der Waals surface area contributed by atoms with Gasteiger partial charge < -0.3 is 19.8 Å². The Bertz CT molecular complexity index is 801. The second kappa shape index (κ2) is 7.33. The molecule has 142 valence electrons. The van der Waals surface area contributed by atoms with Gasteiger partial charge in [-0.3, -0.25) is 4.79 Å². The fraction of sp³-hybridized carbons (Fsp3) is 0.409. The van der Waals surface area contributed by atoms with Crippen LogP contribution in [0.5, 0.6) is 5.75 Å². The largest absolute Gasteiger partial charge is 0.496 e. The van der Waals surface area contributed by atoms with Crippen molar-refractivity contribution in [3.05, 3.63) is 54.1 Å². The van der Waals surface area contributed by atoms with E-state index in [9.17, 15) is 15.0 Å². The van der Waals surface area contributed by atoms with Crippen LogP contribution in [0.1, 0.15) is 23.2 Å². The molecule has 2 N–H and O–H groups in total. The molecular formula is C22H25NO4. The first kappa shape index (κ1) is 18.0. The Morgan fingerprint density at radius 2 is 1.56 bits per heavy atom. The fourth-order valence-corrected chi connectivity index (χ4v) is 4.43. The number of fused-ring (bicyclic) bond motifs is 1. The van der Waals surface area contributed by atoms with Gasteiger partial charge in [-0.25, -0.2) is 0 Å². The van der Waals surface area contributed by atoms with Crippen molar-refractivity contribution in [2.24, 2.45) is 11.8 Å². The molecule has 1 heterocycles. The summed E-state index contributed by atoms with van der Waals surface area (Å²) in [5, 5.41) is 19.8. The predicted octanol–water partition coefficient (Wildman–Crippen LogP) is 2.57. The van der Waals surface area contributed by atoms with Crippen molar-refractivity contribution in [2.75, 3.05) is 20.2 Å². The number of ether oxygens (including phenoxy) is 1. The van der Waals surface area contributed by atoms with Gasteiger partial charge in [0, 0.05) is 24.2 Å². The van der Waals surface area contributed by atoms with E-state index < -0.39 is 12.2 Å². The number of carbonyl (C=O) groups is 1. The summed E-state index contributed by atoms with van der Waals surface area (Å²) in [6, 6.07) is 15.4. The number of aliphatic hydroxyl groups is 2. The van der Waals surface area contributed by atoms with Crippen LogP contribution in [0.2, 0.25) is 0 Å². The molecule has 0 spiro atoms. The van der Waals surface area contributed by atoms with E-state index >= 15 is 0 Å². The highest BCUT2D eigenvalue weighted by Crippen LogP contribution is 2.37. The molecule has 27 heavy (non-hydrogen) atoms.